The van der Waals surface area contributed by atoms with Crippen molar-refractivity contribution in [2.75, 3.05) is 5.75 Å². The standard InChI is InChI=1S/C30H35ClN2O2S/c1-4-23(3)32-30(35)28(18-24-11-6-5-7-12-24)33(19-25-14-16-27(31)17-15-25)29(34)21-36-20-26-13-9-8-10-22(26)2/h5-17,23,28H,4,18-21H2,1-3H3,(H,32,35)/t23-,28-/m0/s1. The third kappa shape index (κ3) is 8.42. The van der Waals surface area contributed by atoms with Crippen LogP contribution >= 0.6 is 23.4 Å². The largest absolute Gasteiger partial charge is 0.352 e. The number of rotatable bonds is 12. The molecule has 0 saturated carbocycles. The molecule has 0 aliphatic rings. The lowest BCUT2D eigenvalue weighted by atomic mass is 10.0. The molecule has 1 N–H and O–H groups in total. The van der Waals surface area contributed by atoms with Gasteiger partial charge in [0, 0.05) is 29.8 Å². The van der Waals surface area contributed by atoms with Gasteiger partial charge in [0.1, 0.15) is 6.04 Å². The molecule has 0 heterocycles. The maximum absolute atomic E-state index is 13.7. The highest BCUT2D eigenvalue weighted by Crippen LogP contribution is 2.20. The predicted octanol–water partition coefficient (Wildman–Crippen LogP) is 6.44. The Morgan fingerprint density at radius 1 is 0.944 bits per heavy atom. The summed E-state index contributed by atoms with van der Waals surface area (Å²) in [5.41, 5.74) is 4.38. The molecule has 0 aliphatic heterocycles. The Morgan fingerprint density at radius 3 is 2.28 bits per heavy atom. The molecule has 4 nitrogen and oxygen atoms in total. The second kappa shape index (κ2) is 14.1. The topological polar surface area (TPSA) is 49.4 Å². The van der Waals surface area contributed by atoms with E-state index in [1.54, 1.807) is 16.7 Å². The Morgan fingerprint density at radius 2 is 1.61 bits per heavy atom. The van der Waals surface area contributed by atoms with Gasteiger partial charge in [-0.25, -0.2) is 0 Å². The summed E-state index contributed by atoms with van der Waals surface area (Å²) >= 11 is 7.68. The van der Waals surface area contributed by atoms with Crippen LogP contribution in [0.5, 0.6) is 0 Å². The summed E-state index contributed by atoms with van der Waals surface area (Å²) in [5, 5.41) is 3.75. The minimum absolute atomic E-state index is 0.0266. The van der Waals surface area contributed by atoms with E-state index >= 15 is 0 Å². The van der Waals surface area contributed by atoms with E-state index in [0.29, 0.717) is 23.7 Å². The van der Waals surface area contributed by atoms with Crippen LogP contribution < -0.4 is 5.32 Å². The van der Waals surface area contributed by atoms with Crippen LogP contribution in [0.1, 0.15) is 42.5 Å². The molecule has 2 atom stereocenters. The fourth-order valence-corrected chi connectivity index (χ4v) is 5.00. The first-order valence-electron chi connectivity index (χ1n) is 12.4. The van der Waals surface area contributed by atoms with E-state index in [9.17, 15) is 9.59 Å². The van der Waals surface area contributed by atoms with E-state index in [1.807, 2.05) is 80.6 Å². The van der Waals surface area contributed by atoms with Crippen molar-refractivity contribution in [1.29, 1.82) is 0 Å². The number of amides is 2. The van der Waals surface area contributed by atoms with Crippen molar-refractivity contribution in [1.82, 2.24) is 10.2 Å². The molecule has 0 spiro atoms. The van der Waals surface area contributed by atoms with Crippen molar-refractivity contribution in [3.63, 3.8) is 0 Å². The predicted molar refractivity (Wildman–Crippen MR) is 151 cm³/mol. The third-order valence-electron chi connectivity index (χ3n) is 6.28. The monoisotopic (exact) mass is 522 g/mol. The Hall–Kier alpha value is -2.76. The Balaban J connectivity index is 1.85. The number of carbonyl (C=O) groups is 2. The molecular formula is C30H35ClN2O2S. The number of hydrogen-bond donors (Lipinski definition) is 1. The van der Waals surface area contributed by atoms with E-state index in [-0.39, 0.29) is 17.9 Å². The van der Waals surface area contributed by atoms with Gasteiger partial charge in [-0.3, -0.25) is 9.59 Å². The molecule has 0 aliphatic carbocycles. The molecule has 190 valence electrons. The van der Waals surface area contributed by atoms with Crippen molar-refractivity contribution < 1.29 is 9.59 Å². The molecule has 6 heteroatoms. The summed E-state index contributed by atoms with van der Waals surface area (Å²) in [4.78, 5) is 28.9. The molecule has 0 radical (unpaired) electrons. The van der Waals surface area contributed by atoms with E-state index in [4.69, 9.17) is 11.6 Å². The Bertz CT molecular complexity index is 1120. The molecule has 0 aromatic heterocycles. The highest BCUT2D eigenvalue weighted by Gasteiger charge is 2.30. The van der Waals surface area contributed by atoms with Crippen molar-refractivity contribution in [2.45, 2.75) is 58.0 Å². The van der Waals surface area contributed by atoms with Crippen molar-refractivity contribution in [3.8, 4) is 0 Å². The molecule has 3 rings (SSSR count). The van der Waals surface area contributed by atoms with Gasteiger partial charge >= 0.3 is 0 Å². The van der Waals surface area contributed by atoms with E-state index in [2.05, 4.69) is 24.4 Å². The van der Waals surface area contributed by atoms with Crippen LogP contribution in [0, 0.1) is 6.92 Å². The normalized spacial score (nSPS) is 12.6. The SMILES string of the molecule is CC[C@H](C)NC(=O)[C@H](Cc1ccccc1)N(Cc1ccc(Cl)cc1)C(=O)CSCc1ccccc1C. The molecular weight excluding hydrogens is 488 g/mol. The van der Waals surface area contributed by atoms with Gasteiger partial charge in [0.2, 0.25) is 11.8 Å². The van der Waals surface area contributed by atoms with Gasteiger partial charge in [-0.05, 0) is 54.7 Å². The molecule has 3 aromatic carbocycles. The average Bonchev–Trinajstić information content (AvgIpc) is 2.88. The van der Waals surface area contributed by atoms with E-state index in [1.165, 1.54) is 11.1 Å². The van der Waals surface area contributed by atoms with Crippen LogP contribution in [0.2, 0.25) is 5.02 Å². The first-order chi connectivity index (χ1) is 17.4. The van der Waals surface area contributed by atoms with Crippen molar-refractivity contribution in [3.05, 3.63) is 106 Å². The minimum Gasteiger partial charge on any atom is -0.352 e. The molecule has 3 aromatic rings. The number of thioether (sulfide) groups is 1. The summed E-state index contributed by atoms with van der Waals surface area (Å²) in [6.07, 6.45) is 1.27. The van der Waals surface area contributed by atoms with Gasteiger partial charge in [0.05, 0.1) is 5.75 Å². The second-order valence-electron chi connectivity index (χ2n) is 9.09. The summed E-state index contributed by atoms with van der Waals surface area (Å²) < 4.78 is 0. The Kier molecular flexibility index (Phi) is 10.9. The molecule has 0 saturated heterocycles. The lowest BCUT2D eigenvalue weighted by molar-refractivity contribution is -0.139. The number of aryl methyl sites for hydroxylation is 1. The van der Waals surface area contributed by atoms with E-state index in [0.717, 1.165) is 23.3 Å². The lowest BCUT2D eigenvalue weighted by Crippen LogP contribution is -2.52. The number of benzene rings is 3. The maximum Gasteiger partial charge on any atom is 0.243 e. The van der Waals surface area contributed by atoms with Crippen LogP contribution in [0.15, 0.2) is 78.9 Å². The summed E-state index contributed by atoms with van der Waals surface area (Å²) in [6.45, 7) is 6.45. The zero-order chi connectivity index (χ0) is 25.9. The zero-order valence-electron chi connectivity index (χ0n) is 21.2. The zero-order valence-corrected chi connectivity index (χ0v) is 22.8. The number of halogens is 1. The van der Waals surface area contributed by atoms with Gasteiger partial charge in [-0.15, -0.1) is 11.8 Å². The van der Waals surface area contributed by atoms with Crippen LogP contribution in [0.4, 0.5) is 0 Å². The van der Waals surface area contributed by atoms with Gasteiger partial charge in [-0.2, -0.15) is 0 Å². The minimum atomic E-state index is -0.622. The number of carbonyl (C=O) groups excluding carboxylic acids is 2. The van der Waals surface area contributed by atoms with Crippen molar-refractivity contribution in [2.24, 2.45) is 0 Å². The van der Waals surface area contributed by atoms with Gasteiger partial charge in [0.25, 0.3) is 0 Å². The number of nitrogens with one attached hydrogen (secondary N) is 1. The van der Waals surface area contributed by atoms with Gasteiger partial charge in [-0.1, -0.05) is 85.3 Å². The quantitative estimate of drug-likeness (QED) is 0.298. The number of nitrogens with zero attached hydrogens (tertiary/aromatic N) is 1. The van der Waals surface area contributed by atoms with E-state index < -0.39 is 6.04 Å². The van der Waals surface area contributed by atoms with Crippen LogP contribution in [0.25, 0.3) is 0 Å². The van der Waals surface area contributed by atoms with Gasteiger partial charge in [0.15, 0.2) is 0 Å². The molecule has 2 amide bonds. The summed E-state index contributed by atoms with van der Waals surface area (Å²) in [6, 6.07) is 25.0. The number of hydrogen-bond acceptors (Lipinski definition) is 3. The lowest BCUT2D eigenvalue weighted by Gasteiger charge is -2.32. The van der Waals surface area contributed by atoms with Crippen LogP contribution in [-0.2, 0) is 28.3 Å². The highest BCUT2D eigenvalue weighted by molar-refractivity contribution is 7.99. The molecule has 36 heavy (non-hydrogen) atoms. The maximum atomic E-state index is 13.7. The summed E-state index contributed by atoms with van der Waals surface area (Å²) in [7, 11) is 0. The third-order valence-corrected chi connectivity index (χ3v) is 7.50. The second-order valence-corrected chi connectivity index (χ2v) is 10.5. The Labute approximate surface area is 224 Å². The van der Waals surface area contributed by atoms with Crippen LogP contribution in [0.3, 0.4) is 0 Å². The van der Waals surface area contributed by atoms with Crippen LogP contribution in [-0.4, -0.2) is 34.6 Å². The molecule has 0 fully saturated rings. The average molecular weight is 523 g/mol. The molecule has 0 unspecified atom stereocenters. The van der Waals surface area contributed by atoms with Crippen molar-refractivity contribution >= 4 is 35.2 Å². The van der Waals surface area contributed by atoms with Gasteiger partial charge < -0.3 is 10.2 Å². The molecule has 0 bridgehead atoms. The first kappa shape index (κ1) is 27.8. The summed E-state index contributed by atoms with van der Waals surface area (Å²) in [5.74, 6) is 0.864. The smallest absolute Gasteiger partial charge is 0.243 e. The first-order valence-corrected chi connectivity index (χ1v) is 13.9. The fraction of sp³-hybridized carbons (Fsp3) is 0.333. The highest BCUT2D eigenvalue weighted by atomic mass is 35.5. The fourth-order valence-electron chi connectivity index (χ4n) is 3.88.